The minimum atomic E-state index is -1.20. The van der Waals surface area contributed by atoms with Crippen molar-refractivity contribution in [1.29, 1.82) is 0 Å². The molecule has 0 aliphatic rings. The van der Waals surface area contributed by atoms with Gasteiger partial charge in [-0.2, -0.15) is 0 Å². The summed E-state index contributed by atoms with van der Waals surface area (Å²) in [5.41, 5.74) is 0. The average molecular weight is 131 g/mol. The van der Waals surface area contributed by atoms with E-state index in [2.05, 4.69) is 6.92 Å². The molecular formula is C6H11O3. The molecular weight excluding hydrogens is 120 g/mol. The molecule has 0 aromatic heterocycles. The van der Waals surface area contributed by atoms with Crippen LogP contribution >= 0.6 is 0 Å². The summed E-state index contributed by atoms with van der Waals surface area (Å²) in [5.74, 6) is -1.15. The number of aliphatic hydroxyl groups is 1. The van der Waals surface area contributed by atoms with Crippen LogP contribution in [-0.2, 0) is 4.79 Å². The van der Waals surface area contributed by atoms with Crippen molar-refractivity contribution < 1.29 is 15.0 Å². The third kappa shape index (κ3) is 3.97. The van der Waals surface area contributed by atoms with Gasteiger partial charge in [-0.25, -0.2) is 4.79 Å². The van der Waals surface area contributed by atoms with Gasteiger partial charge in [0.1, 0.15) is 0 Å². The highest BCUT2D eigenvalue weighted by Crippen LogP contribution is 1.98. The molecule has 53 valence electrons. The van der Waals surface area contributed by atoms with Gasteiger partial charge in [-0.3, -0.25) is 0 Å². The molecule has 0 bridgehead atoms. The zero-order valence-corrected chi connectivity index (χ0v) is 5.21. The van der Waals surface area contributed by atoms with Gasteiger partial charge in [0.05, 0.1) is 0 Å². The molecule has 0 rings (SSSR count). The first kappa shape index (κ1) is 8.43. The molecule has 0 saturated heterocycles. The van der Waals surface area contributed by atoms with E-state index >= 15 is 0 Å². The molecule has 1 unspecified atom stereocenters. The summed E-state index contributed by atoms with van der Waals surface area (Å²) in [6, 6.07) is 0. The third-order valence-electron chi connectivity index (χ3n) is 1.01. The van der Waals surface area contributed by atoms with E-state index in [-0.39, 0.29) is 0 Å². The lowest BCUT2D eigenvalue weighted by atomic mass is 10.2. The number of carboxylic acid groups (broad SMARTS) is 1. The summed E-state index contributed by atoms with van der Waals surface area (Å²) in [4.78, 5) is 9.93. The normalized spacial score (nSPS) is 13.1. The van der Waals surface area contributed by atoms with Crippen LogP contribution in [0.4, 0.5) is 0 Å². The van der Waals surface area contributed by atoms with Crippen LogP contribution in [0.1, 0.15) is 19.3 Å². The van der Waals surface area contributed by atoms with Gasteiger partial charge in [-0.1, -0.05) is 19.8 Å². The second-order valence-electron chi connectivity index (χ2n) is 1.85. The molecule has 0 aromatic carbocycles. The van der Waals surface area contributed by atoms with Gasteiger partial charge in [0.25, 0.3) is 0 Å². The lowest BCUT2D eigenvalue weighted by molar-refractivity contribution is -0.146. The SMILES string of the molecule is [CH2]CCCC(O)C(=O)O. The highest BCUT2D eigenvalue weighted by molar-refractivity contribution is 5.71. The topological polar surface area (TPSA) is 57.5 Å². The summed E-state index contributed by atoms with van der Waals surface area (Å²) in [5, 5.41) is 16.8. The van der Waals surface area contributed by atoms with Crippen LogP contribution in [0.2, 0.25) is 0 Å². The van der Waals surface area contributed by atoms with Gasteiger partial charge in [0, 0.05) is 0 Å². The van der Waals surface area contributed by atoms with Crippen molar-refractivity contribution in [2.24, 2.45) is 0 Å². The van der Waals surface area contributed by atoms with Crippen molar-refractivity contribution in [2.75, 3.05) is 0 Å². The van der Waals surface area contributed by atoms with E-state index in [9.17, 15) is 4.79 Å². The largest absolute Gasteiger partial charge is 0.479 e. The maximum Gasteiger partial charge on any atom is 0.332 e. The predicted octanol–water partition coefficient (Wildman–Crippen LogP) is 0.436. The minimum absolute atomic E-state index is 0.304. The quantitative estimate of drug-likeness (QED) is 0.582. The number of hydrogen-bond donors (Lipinski definition) is 2. The Bertz CT molecular complexity index is 90.3. The summed E-state index contributed by atoms with van der Waals surface area (Å²) >= 11 is 0. The number of carboxylic acids is 1. The number of aliphatic hydroxyl groups excluding tert-OH is 1. The standard InChI is InChI=1S/C6H11O3/c1-2-3-4-5(7)6(8)9/h5,7H,1-4H2,(H,8,9). The second kappa shape index (κ2) is 4.32. The Morgan fingerprint density at radius 2 is 2.22 bits per heavy atom. The fraction of sp³-hybridized carbons (Fsp3) is 0.667. The maximum absolute atomic E-state index is 9.93. The van der Waals surface area contributed by atoms with E-state index in [1.807, 2.05) is 0 Å². The van der Waals surface area contributed by atoms with E-state index in [1.165, 1.54) is 0 Å². The summed E-state index contributed by atoms with van der Waals surface area (Å²) < 4.78 is 0. The first-order chi connectivity index (χ1) is 4.18. The molecule has 0 fully saturated rings. The number of aliphatic carboxylic acids is 1. The molecule has 0 aliphatic carbocycles. The number of carbonyl (C=O) groups is 1. The van der Waals surface area contributed by atoms with E-state index in [1.54, 1.807) is 0 Å². The highest BCUT2D eigenvalue weighted by atomic mass is 16.4. The monoisotopic (exact) mass is 131 g/mol. The van der Waals surface area contributed by atoms with Crippen LogP contribution in [0.5, 0.6) is 0 Å². The lowest BCUT2D eigenvalue weighted by Gasteiger charge is -2.01. The molecule has 3 nitrogen and oxygen atoms in total. The van der Waals surface area contributed by atoms with Crippen molar-refractivity contribution in [3.05, 3.63) is 6.92 Å². The van der Waals surface area contributed by atoms with E-state index < -0.39 is 12.1 Å². The highest BCUT2D eigenvalue weighted by Gasteiger charge is 2.10. The smallest absolute Gasteiger partial charge is 0.332 e. The Labute approximate surface area is 54.3 Å². The fourth-order valence-electron chi connectivity index (χ4n) is 0.461. The van der Waals surface area contributed by atoms with Crippen LogP contribution in [0.15, 0.2) is 0 Å². The number of hydrogen-bond acceptors (Lipinski definition) is 2. The van der Waals surface area contributed by atoms with Gasteiger partial charge in [-0.15, -0.1) is 0 Å². The predicted molar refractivity (Wildman–Crippen MR) is 32.9 cm³/mol. The van der Waals surface area contributed by atoms with E-state index in [4.69, 9.17) is 10.2 Å². The summed E-state index contributed by atoms with van der Waals surface area (Å²) in [6.07, 6.45) is 0.433. The second-order valence-corrected chi connectivity index (χ2v) is 1.85. The molecule has 0 heterocycles. The molecule has 3 heteroatoms. The van der Waals surface area contributed by atoms with Gasteiger partial charge in [0.15, 0.2) is 6.10 Å². The first-order valence-corrected chi connectivity index (χ1v) is 2.88. The summed E-state index contributed by atoms with van der Waals surface area (Å²) in [6.45, 7) is 3.51. The molecule has 0 amide bonds. The van der Waals surface area contributed by atoms with E-state index in [0.717, 1.165) is 0 Å². The van der Waals surface area contributed by atoms with Crippen molar-refractivity contribution in [3.8, 4) is 0 Å². The Morgan fingerprint density at radius 1 is 1.67 bits per heavy atom. The van der Waals surface area contributed by atoms with Gasteiger partial charge < -0.3 is 10.2 Å². The van der Waals surface area contributed by atoms with Crippen LogP contribution in [-0.4, -0.2) is 22.3 Å². The zero-order chi connectivity index (χ0) is 7.28. The fourth-order valence-corrected chi connectivity index (χ4v) is 0.461. The molecule has 0 aliphatic heterocycles. The molecule has 1 radical (unpaired) electrons. The van der Waals surface area contributed by atoms with Gasteiger partial charge in [-0.05, 0) is 6.42 Å². The van der Waals surface area contributed by atoms with Crippen LogP contribution < -0.4 is 0 Å². The van der Waals surface area contributed by atoms with Crippen LogP contribution in [0, 0.1) is 6.92 Å². The van der Waals surface area contributed by atoms with Crippen molar-refractivity contribution in [3.63, 3.8) is 0 Å². The lowest BCUT2D eigenvalue weighted by Crippen LogP contribution is -2.18. The molecule has 9 heavy (non-hydrogen) atoms. The Balaban J connectivity index is 3.27. The summed E-state index contributed by atoms with van der Waals surface area (Å²) in [7, 11) is 0. The Kier molecular flexibility index (Phi) is 4.05. The number of unbranched alkanes of at least 4 members (excludes halogenated alkanes) is 1. The van der Waals surface area contributed by atoms with Gasteiger partial charge in [0.2, 0.25) is 0 Å². The minimum Gasteiger partial charge on any atom is -0.479 e. The molecule has 0 aromatic rings. The van der Waals surface area contributed by atoms with Crippen LogP contribution in [0.3, 0.4) is 0 Å². The molecule has 2 N–H and O–H groups in total. The molecule has 0 spiro atoms. The number of rotatable bonds is 4. The Morgan fingerprint density at radius 3 is 2.56 bits per heavy atom. The third-order valence-corrected chi connectivity index (χ3v) is 1.01. The van der Waals surface area contributed by atoms with Crippen LogP contribution in [0.25, 0.3) is 0 Å². The van der Waals surface area contributed by atoms with Gasteiger partial charge >= 0.3 is 5.97 Å². The van der Waals surface area contributed by atoms with Crippen molar-refractivity contribution in [1.82, 2.24) is 0 Å². The zero-order valence-electron chi connectivity index (χ0n) is 5.21. The average Bonchev–Trinajstić information content (AvgIpc) is 1.82. The molecule has 1 atom stereocenters. The van der Waals surface area contributed by atoms with Crippen molar-refractivity contribution >= 4 is 5.97 Å². The Hall–Kier alpha value is -0.570. The first-order valence-electron chi connectivity index (χ1n) is 2.88. The molecule has 0 saturated carbocycles. The maximum atomic E-state index is 9.93. The van der Waals surface area contributed by atoms with Crippen molar-refractivity contribution in [2.45, 2.75) is 25.4 Å². The van der Waals surface area contributed by atoms with E-state index in [0.29, 0.717) is 19.3 Å².